The van der Waals surface area contributed by atoms with Crippen LogP contribution < -0.4 is 5.32 Å². The molecule has 1 aliphatic rings. The number of fused-ring (bicyclic) bond motifs is 2. The number of carboxylic acids is 1. The fourth-order valence-electron chi connectivity index (χ4n) is 4.79. The molecule has 0 saturated heterocycles. The topological polar surface area (TPSA) is 92.2 Å². The summed E-state index contributed by atoms with van der Waals surface area (Å²) in [4.78, 5) is 33.8. The third-order valence-corrected chi connectivity index (χ3v) is 7.15. The van der Waals surface area contributed by atoms with Gasteiger partial charge >= 0.3 is 5.97 Å². The van der Waals surface area contributed by atoms with Gasteiger partial charge in [0.1, 0.15) is 0 Å². The number of aryl methyl sites for hydroxylation is 2. The summed E-state index contributed by atoms with van der Waals surface area (Å²) >= 11 is 12.2. The first-order valence-electron chi connectivity index (χ1n) is 12.2. The molecule has 1 aromatic heterocycles. The zero-order chi connectivity index (χ0) is 25.9. The lowest BCUT2D eigenvalue weighted by Crippen LogP contribution is -2.27. The first kappa shape index (κ1) is 25.2. The Bertz CT molecular complexity index is 1490. The van der Waals surface area contributed by atoms with E-state index < -0.39 is 5.97 Å². The molecule has 0 saturated carbocycles. The second-order valence-electron chi connectivity index (χ2n) is 9.24. The van der Waals surface area contributed by atoms with E-state index in [0.29, 0.717) is 45.9 Å². The van der Waals surface area contributed by atoms with Gasteiger partial charge in [0.15, 0.2) is 0 Å². The van der Waals surface area contributed by atoms with E-state index in [2.05, 4.69) is 5.32 Å². The molecule has 0 aliphatic heterocycles. The van der Waals surface area contributed by atoms with Gasteiger partial charge in [-0.25, -0.2) is 9.97 Å². The van der Waals surface area contributed by atoms with Crippen molar-refractivity contribution in [3.05, 3.63) is 93.1 Å². The van der Waals surface area contributed by atoms with E-state index in [1.807, 2.05) is 36.4 Å². The lowest BCUT2D eigenvalue weighted by molar-refractivity contribution is -0.137. The highest BCUT2D eigenvalue weighted by atomic mass is 35.5. The van der Waals surface area contributed by atoms with E-state index in [1.54, 1.807) is 24.3 Å². The number of nitrogens with zero attached hydrogens (tertiary/aromatic N) is 2. The summed E-state index contributed by atoms with van der Waals surface area (Å²) in [6.45, 7) is 0. The maximum Gasteiger partial charge on any atom is 0.303 e. The molecule has 5 rings (SSSR count). The molecule has 2 N–H and O–H groups in total. The number of carbonyl (C=O) groups excluding carboxylic acids is 1. The van der Waals surface area contributed by atoms with E-state index in [1.165, 1.54) is 5.56 Å². The van der Waals surface area contributed by atoms with Gasteiger partial charge in [0.05, 0.1) is 28.5 Å². The third kappa shape index (κ3) is 5.76. The number of nitrogens with one attached hydrogen (secondary N) is 1. The summed E-state index contributed by atoms with van der Waals surface area (Å²) in [5.41, 5.74) is 6.47. The number of aromatic nitrogens is 2. The van der Waals surface area contributed by atoms with Gasteiger partial charge in [-0.1, -0.05) is 41.4 Å². The normalized spacial score (nSPS) is 14.5. The molecular formula is C29H25Cl2N3O3. The van der Waals surface area contributed by atoms with Crippen LogP contribution in [-0.2, 0) is 17.6 Å². The molecule has 3 aromatic carbocycles. The number of hydrogen-bond acceptors (Lipinski definition) is 4. The number of carboxylic acid groups (broad SMARTS) is 1. The van der Waals surface area contributed by atoms with Crippen molar-refractivity contribution in [1.29, 1.82) is 0 Å². The molecule has 0 fully saturated rings. The van der Waals surface area contributed by atoms with Gasteiger partial charge in [0.25, 0.3) is 5.91 Å². The Balaban J connectivity index is 1.42. The number of carbonyl (C=O) groups is 2. The Morgan fingerprint density at radius 3 is 2.49 bits per heavy atom. The minimum atomic E-state index is -0.814. The molecule has 1 amide bonds. The lowest BCUT2D eigenvalue weighted by Gasteiger charge is -2.15. The Hall–Kier alpha value is -3.48. The van der Waals surface area contributed by atoms with Crippen molar-refractivity contribution < 1.29 is 14.7 Å². The average molecular weight is 534 g/mol. The van der Waals surface area contributed by atoms with Crippen molar-refractivity contribution in [2.24, 2.45) is 0 Å². The van der Waals surface area contributed by atoms with Crippen molar-refractivity contribution >= 4 is 46.1 Å². The number of amides is 1. The molecule has 0 bridgehead atoms. The monoisotopic (exact) mass is 533 g/mol. The van der Waals surface area contributed by atoms with E-state index in [-0.39, 0.29) is 18.4 Å². The maximum atomic E-state index is 13.1. The van der Waals surface area contributed by atoms with Gasteiger partial charge in [-0.2, -0.15) is 0 Å². The van der Waals surface area contributed by atoms with Crippen LogP contribution >= 0.6 is 23.2 Å². The van der Waals surface area contributed by atoms with E-state index in [4.69, 9.17) is 38.3 Å². The van der Waals surface area contributed by atoms with Crippen LogP contribution in [0.4, 0.5) is 0 Å². The van der Waals surface area contributed by atoms with E-state index in [9.17, 15) is 9.59 Å². The van der Waals surface area contributed by atoms with Crippen molar-refractivity contribution in [3.8, 4) is 11.3 Å². The first-order valence-corrected chi connectivity index (χ1v) is 13.0. The minimum Gasteiger partial charge on any atom is -0.481 e. The van der Waals surface area contributed by atoms with E-state index >= 15 is 0 Å². The summed E-state index contributed by atoms with van der Waals surface area (Å²) in [5.74, 6) is -0.979. The zero-order valence-electron chi connectivity index (χ0n) is 20.0. The van der Waals surface area contributed by atoms with Crippen LogP contribution in [0.3, 0.4) is 0 Å². The van der Waals surface area contributed by atoms with Gasteiger partial charge in [0, 0.05) is 27.6 Å². The van der Waals surface area contributed by atoms with Crippen LogP contribution in [0.25, 0.3) is 22.3 Å². The van der Waals surface area contributed by atoms with Gasteiger partial charge in [-0.3, -0.25) is 9.59 Å². The number of hydrogen-bond donors (Lipinski definition) is 2. The van der Waals surface area contributed by atoms with Gasteiger partial charge in [-0.05, 0) is 85.7 Å². The highest BCUT2D eigenvalue weighted by Crippen LogP contribution is 2.33. The SMILES string of the molecule is O=C(O)CCCCc1nc2cc(C(=O)N[C@H]3CCc4cc(Cl)ccc43)ccc2nc1-c1ccc(Cl)cc1. The van der Waals surface area contributed by atoms with Crippen molar-refractivity contribution in [1.82, 2.24) is 15.3 Å². The van der Waals surface area contributed by atoms with Crippen LogP contribution in [0.2, 0.25) is 10.0 Å². The molecule has 1 heterocycles. The summed E-state index contributed by atoms with van der Waals surface area (Å²) < 4.78 is 0. The van der Waals surface area contributed by atoms with Gasteiger partial charge in [0.2, 0.25) is 0 Å². The molecule has 0 radical (unpaired) electrons. The highest BCUT2D eigenvalue weighted by Gasteiger charge is 2.24. The van der Waals surface area contributed by atoms with Crippen LogP contribution in [0.1, 0.15) is 58.9 Å². The minimum absolute atomic E-state index is 0.0568. The van der Waals surface area contributed by atoms with Crippen molar-refractivity contribution in [2.75, 3.05) is 0 Å². The number of aliphatic carboxylic acids is 1. The van der Waals surface area contributed by atoms with Crippen LogP contribution in [0.5, 0.6) is 0 Å². The van der Waals surface area contributed by atoms with Crippen LogP contribution in [0, 0.1) is 0 Å². The zero-order valence-corrected chi connectivity index (χ0v) is 21.5. The predicted molar refractivity (Wildman–Crippen MR) is 145 cm³/mol. The van der Waals surface area contributed by atoms with Crippen LogP contribution in [-0.4, -0.2) is 27.0 Å². The quantitative estimate of drug-likeness (QED) is 0.242. The summed E-state index contributed by atoms with van der Waals surface area (Å²) in [5, 5.41) is 13.5. The third-order valence-electron chi connectivity index (χ3n) is 6.66. The second-order valence-corrected chi connectivity index (χ2v) is 10.1. The Morgan fingerprint density at radius 1 is 0.919 bits per heavy atom. The number of rotatable bonds is 8. The summed E-state index contributed by atoms with van der Waals surface area (Å²) in [6, 6.07) is 18.5. The van der Waals surface area contributed by atoms with Crippen LogP contribution in [0.15, 0.2) is 60.7 Å². The largest absolute Gasteiger partial charge is 0.481 e. The number of halogens is 2. The molecule has 188 valence electrons. The Morgan fingerprint density at radius 2 is 1.70 bits per heavy atom. The Kier molecular flexibility index (Phi) is 7.40. The molecule has 1 aliphatic carbocycles. The van der Waals surface area contributed by atoms with Gasteiger partial charge < -0.3 is 10.4 Å². The summed E-state index contributed by atoms with van der Waals surface area (Å²) in [6.07, 6.45) is 3.61. The fraction of sp³-hybridized carbons (Fsp3) is 0.241. The predicted octanol–water partition coefficient (Wildman–Crippen LogP) is 6.82. The van der Waals surface area contributed by atoms with Crippen molar-refractivity contribution in [2.45, 2.75) is 44.6 Å². The molecule has 0 unspecified atom stereocenters. The molecule has 0 spiro atoms. The van der Waals surface area contributed by atoms with E-state index in [0.717, 1.165) is 35.4 Å². The molecule has 1 atom stereocenters. The fourth-order valence-corrected chi connectivity index (χ4v) is 5.11. The molecule has 4 aromatic rings. The molecular weight excluding hydrogens is 509 g/mol. The average Bonchev–Trinajstić information content (AvgIpc) is 3.27. The molecule has 8 heteroatoms. The maximum absolute atomic E-state index is 13.1. The summed E-state index contributed by atoms with van der Waals surface area (Å²) in [7, 11) is 0. The first-order chi connectivity index (χ1) is 17.9. The smallest absolute Gasteiger partial charge is 0.303 e. The molecule has 6 nitrogen and oxygen atoms in total. The lowest BCUT2D eigenvalue weighted by atomic mass is 10.0. The standard InChI is InChI=1S/C29H25Cl2N3O3/c30-20-9-5-17(6-10-20)28-25(3-1-2-4-27(35)36)32-26-16-19(8-14-24(26)33-28)29(37)34-23-13-7-18-15-21(31)11-12-22(18)23/h5-6,8-12,14-16,23H,1-4,7,13H2,(H,34,37)(H,35,36)/t23-/m0/s1. The highest BCUT2D eigenvalue weighted by molar-refractivity contribution is 6.31. The second kappa shape index (κ2) is 10.9. The number of unbranched alkanes of at least 4 members (excludes halogenated alkanes) is 1. The number of benzene rings is 3. The van der Waals surface area contributed by atoms with Gasteiger partial charge in [-0.15, -0.1) is 0 Å². The van der Waals surface area contributed by atoms with Crippen molar-refractivity contribution in [3.63, 3.8) is 0 Å². The molecule has 37 heavy (non-hydrogen) atoms. The Labute approximate surface area is 224 Å².